The fourth-order valence-electron chi connectivity index (χ4n) is 3.14. The van der Waals surface area contributed by atoms with Gasteiger partial charge in [0.05, 0.1) is 10.8 Å². The highest BCUT2D eigenvalue weighted by molar-refractivity contribution is 7.91. The molecule has 1 amide bonds. The van der Waals surface area contributed by atoms with Gasteiger partial charge in [-0.1, -0.05) is 12.1 Å². The second kappa shape index (κ2) is 6.00. The van der Waals surface area contributed by atoms with Gasteiger partial charge < -0.3 is 15.8 Å². The summed E-state index contributed by atoms with van der Waals surface area (Å²) in [6.45, 7) is 5.00. The van der Waals surface area contributed by atoms with Crippen molar-refractivity contribution in [3.63, 3.8) is 0 Å². The van der Waals surface area contributed by atoms with Crippen molar-refractivity contribution >= 4 is 15.9 Å². The summed E-state index contributed by atoms with van der Waals surface area (Å²) in [6, 6.07) is 5.65. The molecule has 1 aliphatic rings. The molecule has 1 aromatic carbocycles. The van der Waals surface area contributed by atoms with Crippen molar-refractivity contribution in [2.45, 2.75) is 43.1 Å². The van der Waals surface area contributed by atoms with Gasteiger partial charge in [0.15, 0.2) is 9.84 Å². The molecule has 1 fully saturated rings. The van der Waals surface area contributed by atoms with Crippen LogP contribution in [0.1, 0.15) is 32.3 Å². The fourth-order valence-corrected chi connectivity index (χ4v) is 5.02. The lowest BCUT2D eigenvalue weighted by Crippen LogP contribution is -2.48. The van der Waals surface area contributed by atoms with Crippen LogP contribution in [0.15, 0.2) is 24.3 Å². The molecule has 1 aliphatic carbocycles. The summed E-state index contributed by atoms with van der Waals surface area (Å²) in [4.78, 5) is 12.1. The van der Waals surface area contributed by atoms with E-state index in [1.165, 1.54) is 18.2 Å². The van der Waals surface area contributed by atoms with E-state index in [1.807, 2.05) is 0 Å². The van der Waals surface area contributed by atoms with E-state index in [2.05, 4.69) is 5.32 Å². The molecule has 0 bridgehead atoms. The molecule has 0 heterocycles. The number of ether oxygens (including phenoxy) is 1. The zero-order chi connectivity index (χ0) is 18.3. The molecule has 0 spiro atoms. The minimum absolute atomic E-state index is 0.106. The van der Waals surface area contributed by atoms with Crippen LogP contribution < -0.4 is 11.1 Å². The van der Waals surface area contributed by atoms with Gasteiger partial charge in [-0.05, 0) is 38.5 Å². The maximum Gasteiger partial charge on any atom is 0.408 e. The van der Waals surface area contributed by atoms with Crippen molar-refractivity contribution in [2.24, 2.45) is 5.73 Å². The molecule has 3 atom stereocenters. The van der Waals surface area contributed by atoms with Crippen LogP contribution in [0, 0.1) is 5.82 Å². The SMILES string of the molecule is CC(C)(C)OC(=O)N[C@@]1(CN)[C@@H](c2cccc(F)c2)[C@@H]1S(C)(=O)=O. The van der Waals surface area contributed by atoms with Gasteiger partial charge in [0.25, 0.3) is 0 Å². The van der Waals surface area contributed by atoms with Gasteiger partial charge in [0.2, 0.25) is 0 Å². The van der Waals surface area contributed by atoms with E-state index < -0.39 is 44.1 Å². The van der Waals surface area contributed by atoms with Gasteiger partial charge in [-0.25, -0.2) is 17.6 Å². The summed E-state index contributed by atoms with van der Waals surface area (Å²) in [5.74, 6) is -1.10. The quantitative estimate of drug-likeness (QED) is 0.851. The first kappa shape index (κ1) is 18.7. The molecule has 0 unspecified atom stereocenters. The lowest BCUT2D eigenvalue weighted by Gasteiger charge is -2.24. The standard InChI is InChI=1S/C16H23FN2O4S/c1-15(2,3)23-14(20)19-16(9-18)12(13(16)24(4,21)22)10-6-5-7-11(17)8-10/h5-8,12-13H,9,18H2,1-4H3,(H,19,20)/t12-,13-,16-/m0/s1. The summed E-state index contributed by atoms with van der Waals surface area (Å²) in [7, 11) is -3.52. The van der Waals surface area contributed by atoms with Crippen LogP contribution in [-0.2, 0) is 14.6 Å². The third-order valence-corrected chi connectivity index (χ3v) is 5.61. The van der Waals surface area contributed by atoms with Gasteiger partial charge in [-0.3, -0.25) is 0 Å². The van der Waals surface area contributed by atoms with Gasteiger partial charge >= 0.3 is 6.09 Å². The van der Waals surface area contributed by atoms with Gasteiger partial charge in [0, 0.05) is 18.7 Å². The van der Waals surface area contributed by atoms with E-state index in [9.17, 15) is 17.6 Å². The predicted molar refractivity (Wildman–Crippen MR) is 88.9 cm³/mol. The maximum absolute atomic E-state index is 13.5. The second-order valence-corrected chi connectivity index (χ2v) is 9.32. The number of carbonyl (C=O) groups is 1. The van der Waals surface area contributed by atoms with Crippen LogP contribution in [0.4, 0.5) is 9.18 Å². The lowest BCUT2D eigenvalue weighted by molar-refractivity contribution is 0.0497. The summed E-state index contributed by atoms with van der Waals surface area (Å²) in [6.07, 6.45) is 0.332. The number of benzene rings is 1. The molecule has 0 aromatic heterocycles. The van der Waals surface area contributed by atoms with Crippen molar-refractivity contribution in [1.82, 2.24) is 5.32 Å². The molecule has 6 nitrogen and oxygen atoms in total. The average Bonchev–Trinajstić information content (AvgIpc) is 3.05. The Labute approximate surface area is 141 Å². The first-order valence-corrected chi connectivity index (χ1v) is 9.52. The minimum Gasteiger partial charge on any atom is -0.444 e. The third kappa shape index (κ3) is 3.70. The molecule has 0 aliphatic heterocycles. The molecule has 2 rings (SSSR count). The first-order valence-electron chi connectivity index (χ1n) is 7.56. The van der Waals surface area contributed by atoms with Crippen LogP contribution in [0.25, 0.3) is 0 Å². The number of halogens is 1. The normalized spacial score (nSPS) is 26.8. The molecule has 0 saturated heterocycles. The number of hydrogen-bond acceptors (Lipinski definition) is 5. The number of sulfone groups is 1. The second-order valence-electron chi connectivity index (χ2n) is 7.15. The van der Waals surface area contributed by atoms with Crippen LogP contribution in [0.2, 0.25) is 0 Å². The zero-order valence-corrected chi connectivity index (χ0v) is 15.0. The molecule has 134 valence electrons. The van der Waals surface area contributed by atoms with E-state index >= 15 is 0 Å². The Hall–Kier alpha value is -1.67. The largest absolute Gasteiger partial charge is 0.444 e. The van der Waals surface area contributed by atoms with E-state index in [1.54, 1.807) is 26.8 Å². The van der Waals surface area contributed by atoms with E-state index in [4.69, 9.17) is 10.5 Å². The van der Waals surface area contributed by atoms with E-state index in [0.29, 0.717) is 5.56 Å². The number of nitrogens with two attached hydrogens (primary N) is 1. The van der Waals surface area contributed by atoms with Crippen molar-refractivity contribution in [2.75, 3.05) is 12.8 Å². The Kier molecular flexibility index (Phi) is 4.67. The van der Waals surface area contributed by atoms with Gasteiger partial charge in [0.1, 0.15) is 11.4 Å². The fraction of sp³-hybridized carbons (Fsp3) is 0.562. The molecule has 24 heavy (non-hydrogen) atoms. The van der Waals surface area contributed by atoms with Crippen molar-refractivity contribution in [3.8, 4) is 0 Å². The highest BCUT2D eigenvalue weighted by Crippen LogP contribution is 2.55. The Bertz CT molecular complexity index is 745. The number of hydrogen-bond donors (Lipinski definition) is 2. The number of rotatable bonds is 4. The maximum atomic E-state index is 13.5. The summed E-state index contributed by atoms with van der Waals surface area (Å²) >= 11 is 0. The molecule has 1 aromatic rings. The average molecular weight is 358 g/mol. The number of alkyl carbamates (subject to hydrolysis) is 1. The third-order valence-electron chi connectivity index (χ3n) is 4.00. The Morgan fingerprint density at radius 2 is 2.04 bits per heavy atom. The van der Waals surface area contributed by atoms with Gasteiger partial charge in [-0.15, -0.1) is 0 Å². The molecule has 1 saturated carbocycles. The van der Waals surface area contributed by atoms with Gasteiger partial charge in [-0.2, -0.15) is 0 Å². The van der Waals surface area contributed by atoms with Crippen LogP contribution >= 0.6 is 0 Å². The van der Waals surface area contributed by atoms with E-state index in [-0.39, 0.29) is 6.54 Å². The summed E-state index contributed by atoms with van der Waals surface area (Å²) in [5, 5.41) is 1.68. The molecular weight excluding hydrogens is 335 g/mol. The molecule has 8 heteroatoms. The predicted octanol–water partition coefficient (Wildman–Crippen LogP) is 1.56. The Morgan fingerprint density at radius 3 is 2.50 bits per heavy atom. The first-order chi connectivity index (χ1) is 10.9. The highest BCUT2D eigenvalue weighted by Gasteiger charge is 2.70. The monoisotopic (exact) mass is 358 g/mol. The molecular formula is C16H23FN2O4S. The Balaban J connectivity index is 2.37. The summed E-state index contributed by atoms with van der Waals surface area (Å²) in [5.41, 5.74) is 4.35. The number of nitrogens with one attached hydrogen (secondary N) is 1. The minimum atomic E-state index is -3.52. The number of amides is 1. The summed E-state index contributed by atoms with van der Waals surface area (Å²) < 4.78 is 43.1. The molecule has 3 N–H and O–H groups in total. The van der Waals surface area contributed by atoms with Crippen molar-refractivity contribution < 1.29 is 22.3 Å². The Morgan fingerprint density at radius 1 is 1.42 bits per heavy atom. The smallest absolute Gasteiger partial charge is 0.408 e. The van der Waals surface area contributed by atoms with Crippen LogP contribution in [0.3, 0.4) is 0 Å². The van der Waals surface area contributed by atoms with Crippen LogP contribution in [0.5, 0.6) is 0 Å². The zero-order valence-electron chi connectivity index (χ0n) is 14.2. The van der Waals surface area contributed by atoms with Crippen molar-refractivity contribution in [1.29, 1.82) is 0 Å². The highest BCUT2D eigenvalue weighted by atomic mass is 32.2. The molecule has 0 radical (unpaired) electrons. The topological polar surface area (TPSA) is 98.5 Å². The number of carbonyl (C=O) groups excluding carboxylic acids is 1. The van der Waals surface area contributed by atoms with Crippen LogP contribution in [-0.4, -0.2) is 43.7 Å². The van der Waals surface area contributed by atoms with E-state index in [0.717, 1.165) is 6.26 Å². The van der Waals surface area contributed by atoms with Crippen molar-refractivity contribution in [3.05, 3.63) is 35.6 Å². The lowest BCUT2D eigenvalue weighted by atomic mass is 10.1.